The zero-order valence-corrected chi connectivity index (χ0v) is 12.5. The molecule has 2 N–H and O–H groups in total. The number of hydrogen-bond donors (Lipinski definition) is 2. The Labute approximate surface area is 122 Å². The third-order valence-electron chi connectivity index (χ3n) is 3.97. The number of aliphatic hydroxyl groups excluding tert-OH is 1. The van der Waals surface area contributed by atoms with Crippen LogP contribution in [0.5, 0.6) is 0 Å². The molecule has 1 unspecified atom stereocenters. The third-order valence-corrected chi connectivity index (χ3v) is 4.89. The van der Waals surface area contributed by atoms with Crippen molar-refractivity contribution in [3.05, 3.63) is 51.2 Å². The zero-order valence-electron chi connectivity index (χ0n) is 11.7. The quantitative estimate of drug-likeness (QED) is 0.889. The summed E-state index contributed by atoms with van der Waals surface area (Å²) < 4.78 is 0. The first-order valence-corrected chi connectivity index (χ1v) is 7.47. The van der Waals surface area contributed by atoms with Gasteiger partial charge in [0, 0.05) is 10.6 Å². The van der Waals surface area contributed by atoms with Crippen LogP contribution in [-0.4, -0.2) is 11.0 Å². The fraction of sp³-hybridized carbons (Fsp3) is 0.312. The Balaban J connectivity index is 2.11. The van der Waals surface area contributed by atoms with E-state index in [1.165, 1.54) is 11.3 Å². The van der Waals surface area contributed by atoms with Crippen LogP contribution in [-0.2, 0) is 10.2 Å². The van der Waals surface area contributed by atoms with Crippen LogP contribution >= 0.6 is 11.3 Å². The van der Waals surface area contributed by atoms with E-state index in [2.05, 4.69) is 5.32 Å². The maximum absolute atomic E-state index is 12.0. The molecule has 0 saturated heterocycles. The van der Waals surface area contributed by atoms with Crippen LogP contribution in [0.4, 0.5) is 5.69 Å². The highest BCUT2D eigenvalue weighted by Gasteiger charge is 2.39. The van der Waals surface area contributed by atoms with E-state index in [0.29, 0.717) is 0 Å². The first-order valence-electron chi connectivity index (χ1n) is 6.59. The van der Waals surface area contributed by atoms with Crippen molar-refractivity contribution in [3.8, 4) is 0 Å². The highest BCUT2D eigenvalue weighted by atomic mass is 32.1. The number of nitrogens with one attached hydrogen (secondary N) is 1. The van der Waals surface area contributed by atoms with Gasteiger partial charge in [0.15, 0.2) is 0 Å². The van der Waals surface area contributed by atoms with E-state index in [1.54, 1.807) is 0 Å². The Kier molecular flexibility index (Phi) is 2.96. The average Bonchev–Trinajstić information content (AvgIpc) is 2.99. The second-order valence-corrected chi connectivity index (χ2v) is 6.74. The van der Waals surface area contributed by atoms with Crippen molar-refractivity contribution < 1.29 is 9.90 Å². The number of aliphatic hydroxyl groups is 1. The predicted molar refractivity (Wildman–Crippen MR) is 81.2 cm³/mol. The summed E-state index contributed by atoms with van der Waals surface area (Å²) in [5.74, 6) is 0.0124. The molecule has 0 saturated carbocycles. The largest absolute Gasteiger partial charge is 0.383 e. The molecule has 2 aromatic rings. The van der Waals surface area contributed by atoms with E-state index in [-0.39, 0.29) is 5.91 Å². The summed E-state index contributed by atoms with van der Waals surface area (Å²) >= 11 is 1.53. The molecule has 104 valence electrons. The maximum atomic E-state index is 12.0. The molecule has 20 heavy (non-hydrogen) atoms. The summed E-state index contributed by atoms with van der Waals surface area (Å²) in [6, 6.07) is 7.75. The summed E-state index contributed by atoms with van der Waals surface area (Å²) in [4.78, 5) is 13.0. The Morgan fingerprint density at radius 3 is 2.75 bits per heavy atom. The number of carbonyl (C=O) groups is 1. The van der Waals surface area contributed by atoms with Gasteiger partial charge in [-0.05, 0) is 55.0 Å². The number of fused-ring (bicyclic) bond motifs is 1. The van der Waals surface area contributed by atoms with Crippen molar-refractivity contribution in [1.29, 1.82) is 0 Å². The first kappa shape index (κ1) is 13.3. The second-order valence-electron chi connectivity index (χ2n) is 5.76. The van der Waals surface area contributed by atoms with Gasteiger partial charge in [0.2, 0.25) is 5.91 Å². The lowest BCUT2D eigenvalue weighted by molar-refractivity contribution is -0.119. The van der Waals surface area contributed by atoms with Crippen LogP contribution in [0.1, 0.15) is 41.5 Å². The number of anilines is 1. The standard InChI is InChI=1S/C16H17NO2S/c1-9-7-10(14(18)12-5-4-6-20-12)8-11-13(9)17-15(19)16(11,2)3/h4-8,14,18H,1-3H3,(H,17,19). The molecule has 1 aliphatic heterocycles. The monoisotopic (exact) mass is 287 g/mol. The number of carbonyl (C=O) groups excluding carboxylic acids is 1. The number of amides is 1. The van der Waals surface area contributed by atoms with E-state index in [4.69, 9.17) is 0 Å². The molecule has 4 heteroatoms. The van der Waals surface area contributed by atoms with Crippen LogP contribution in [0, 0.1) is 6.92 Å². The molecule has 0 spiro atoms. The molecule has 0 radical (unpaired) electrons. The Morgan fingerprint density at radius 2 is 2.10 bits per heavy atom. The van der Waals surface area contributed by atoms with Gasteiger partial charge in [-0.3, -0.25) is 4.79 Å². The van der Waals surface area contributed by atoms with Gasteiger partial charge >= 0.3 is 0 Å². The fourth-order valence-corrected chi connectivity index (χ4v) is 3.37. The summed E-state index contributed by atoms with van der Waals surface area (Å²) in [5.41, 5.74) is 3.14. The van der Waals surface area contributed by atoms with Crippen molar-refractivity contribution in [2.75, 3.05) is 5.32 Å². The summed E-state index contributed by atoms with van der Waals surface area (Å²) in [5, 5.41) is 15.4. The number of rotatable bonds is 2. The van der Waals surface area contributed by atoms with Crippen molar-refractivity contribution in [3.63, 3.8) is 0 Å². The smallest absolute Gasteiger partial charge is 0.234 e. The van der Waals surface area contributed by atoms with Gasteiger partial charge in [0.05, 0.1) is 5.41 Å². The molecule has 1 aliphatic rings. The van der Waals surface area contributed by atoms with Crippen LogP contribution in [0.15, 0.2) is 29.6 Å². The molecule has 1 aromatic carbocycles. The van der Waals surface area contributed by atoms with Crippen LogP contribution < -0.4 is 5.32 Å². The molecule has 0 fully saturated rings. The van der Waals surface area contributed by atoms with Gasteiger partial charge in [-0.15, -0.1) is 11.3 Å². The zero-order chi connectivity index (χ0) is 14.5. The lowest BCUT2D eigenvalue weighted by atomic mass is 9.84. The molecule has 0 aliphatic carbocycles. The predicted octanol–water partition coefficient (Wildman–Crippen LogP) is 3.37. The van der Waals surface area contributed by atoms with Crippen LogP contribution in [0.3, 0.4) is 0 Å². The maximum Gasteiger partial charge on any atom is 0.234 e. The Bertz CT molecular complexity index is 674. The normalized spacial score (nSPS) is 17.7. The molecular formula is C16H17NO2S. The van der Waals surface area contributed by atoms with E-state index in [9.17, 15) is 9.90 Å². The van der Waals surface area contributed by atoms with Gasteiger partial charge < -0.3 is 10.4 Å². The van der Waals surface area contributed by atoms with E-state index in [1.807, 2.05) is 50.4 Å². The minimum atomic E-state index is -0.634. The average molecular weight is 287 g/mol. The molecule has 1 atom stereocenters. The molecule has 3 rings (SSSR count). The van der Waals surface area contributed by atoms with E-state index >= 15 is 0 Å². The number of hydrogen-bond acceptors (Lipinski definition) is 3. The summed E-state index contributed by atoms with van der Waals surface area (Å²) in [6.45, 7) is 5.79. The molecular weight excluding hydrogens is 270 g/mol. The molecule has 2 heterocycles. The highest BCUT2D eigenvalue weighted by Crippen LogP contribution is 2.41. The number of aryl methyl sites for hydroxylation is 1. The summed E-state index contributed by atoms with van der Waals surface area (Å²) in [7, 11) is 0. The van der Waals surface area contributed by atoms with E-state index < -0.39 is 11.5 Å². The molecule has 1 aromatic heterocycles. The number of benzene rings is 1. The SMILES string of the molecule is Cc1cc(C(O)c2cccs2)cc2c1NC(=O)C2(C)C. The number of thiophene rings is 1. The minimum Gasteiger partial charge on any atom is -0.383 e. The summed E-state index contributed by atoms with van der Waals surface area (Å²) in [6.07, 6.45) is -0.634. The second kappa shape index (κ2) is 4.43. The molecule has 0 bridgehead atoms. The van der Waals surface area contributed by atoms with Crippen molar-refractivity contribution in [2.45, 2.75) is 32.3 Å². The highest BCUT2D eigenvalue weighted by molar-refractivity contribution is 7.10. The van der Waals surface area contributed by atoms with Gasteiger partial charge in [0.25, 0.3) is 0 Å². The molecule has 1 amide bonds. The Morgan fingerprint density at radius 1 is 1.35 bits per heavy atom. The lowest BCUT2D eigenvalue weighted by Crippen LogP contribution is -2.26. The fourth-order valence-electron chi connectivity index (χ4n) is 2.64. The topological polar surface area (TPSA) is 49.3 Å². The molecule has 3 nitrogen and oxygen atoms in total. The van der Waals surface area contributed by atoms with Gasteiger partial charge in [-0.1, -0.05) is 12.1 Å². The van der Waals surface area contributed by atoms with Crippen LogP contribution in [0.25, 0.3) is 0 Å². The first-order chi connectivity index (χ1) is 9.41. The minimum absolute atomic E-state index is 0.0124. The van der Waals surface area contributed by atoms with Crippen LogP contribution in [0.2, 0.25) is 0 Å². The van der Waals surface area contributed by atoms with Gasteiger partial charge in [0.1, 0.15) is 6.10 Å². The van der Waals surface area contributed by atoms with Crippen molar-refractivity contribution >= 4 is 22.9 Å². The Hall–Kier alpha value is -1.65. The lowest BCUT2D eigenvalue weighted by Gasteiger charge is -2.18. The van der Waals surface area contributed by atoms with Crippen molar-refractivity contribution in [2.24, 2.45) is 0 Å². The van der Waals surface area contributed by atoms with Gasteiger partial charge in [-0.2, -0.15) is 0 Å². The third kappa shape index (κ3) is 1.87. The van der Waals surface area contributed by atoms with Crippen molar-refractivity contribution in [1.82, 2.24) is 0 Å². The van der Waals surface area contributed by atoms with E-state index in [0.717, 1.165) is 27.3 Å². The van der Waals surface area contributed by atoms with Gasteiger partial charge in [-0.25, -0.2) is 0 Å².